The van der Waals surface area contributed by atoms with Crippen molar-refractivity contribution in [3.63, 3.8) is 0 Å². The van der Waals surface area contributed by atoms with Gasteiger partial charge in [0.25, 0.3) is 11.2 Å². The minimum Gasteiger partial charge on any atom is -0.493 e. The predicted molar refractivity (Wildman–Crippen MR) is 150 cm³/mol. The number of aliphatic carboxylic acids is 1. The Labute approximate surface area is 244 Å². The van der Waals surface area contributed by atoms with E-state index in [1.807, 2.05) is 13.8 Å². The summed E-state index contributed by atoms with van der Waals surface area (Å²) in [5, 5.41) is 26.1. The van der Waals surface area contributed by atoms with Gasteiger partial charge in [0.2, 0.25) is 11.9 Å². The number of fused-ring (bicyclic) bond motifs is 1. The van der Waals surface area contributed by atoms with Crippen molar-refractivity contribution < 1.29 is 38.6 Å². The minimum atomic E-state index is -1.29. The fourth-order valence-electron chi connectivity index (χ4n) is 3.84. The highest BCUT2D eigenvalue weighted by molar-refractivity contribution is 5.82. The number of nitrogens with zero attached hydrogens (tertiary/aromatic N) is 5. The summed E-state index contributed by atoms with van der Waals surface area (Å²) < 4.78 is 16.6. The first-order valence-electron chi connectivity index (χ1n) is 12.9. The third kappa shape index (κ3) is 8.54. The number of H-pyrrole nitrogens is 1. The molecule has 0 aliphatic rings. The van der Waals surface area contributed by atoms with Gasteiger partial charge in [-0.25, -0.2) is 9.78 Å². The quantitative estimate of drug-likeness (QED) is 0.140. The van der Waals surface area contributed by atoms with Crippen molar-refractivity contribution in [2.45, 2.75) is 27.0 Å². The van der Waals surface area contributed by atoms with E-state index in [0.717, 1.165) is 11.0 Å². The number of carbonyl (C=O) groups excluding carboxylic acids is 2. The van der Waals surface area contributed by atoms with Crippen LogP contribution in [0.25, 0.3) is 11.2 Å². The lowest BCUT2D eigenvalue weighted by Gasteiger charge is -2.21. The zero-order valence-corrected chi connectivity index (χ0v) is 23.9. The number of aromatic nitrogens is 4. The average molecular weight is 605 g/mol. The lowest BCUT2D eigenvalue weighted by molar-refractivity contribution is -0.385. The van der Waals surface area contributed by atoms with Crippen LogP contribution in [-0.2, 0) is 27.5 Å². The molecular formula is C25H32N8O10. The molecule has 232 valence electrons. The van der Waals surface area contributed by atoms with Crippen LogP contribution in [-0.4, -0.2) is 92.8 Å². The predicted octanol–water partition coefficient (Wildman–Crippen LogP) is 0.953. The second-order valence-electron chi connectivity index (χ2n) is 9.54. The molecule has 4 N–H and O–H groups in total. The number of nitro benzene ring substituents is 1. The second-order valence-corrected chi connectivity index (χ2v) is 9.54. The summed E-state index contributed by atoms with van der Waals surface area (Å²) in [5.41, 5.74) is -0.680. The Balaban J connectivity index is 1.63. The molecule has 2 amide bonds. The molecule has 0 aliphatic carbocycles. The molecule has 18 nitrogen and oxygen atoms in total. The Kier molecular flexibility index (Phi) is 10.8. The fraction of sp³-hybridized carbons (Fsp3) is 0.440. The van der Waals surface area contributed by atoms with Gasteiger partial charge in [0.05, 0.1) is 37.1 Å². The first kappa shape index (κ1) is 32.1. The summed E-state index contributed by atoms with van der Waals surface area (Å²) in [6.07, 6.45) is 0.288. The molecule has 18 heteroatoms. The van der Waals surface area contributed by atoms with Gasteiger partial charge >= 0.3 is 12.1 Å². The van der Waals surface area contributed by atoms with Gasteiger partial charge in [-0.3, -0.25) is 29.5 Å². The highest BCUT2D eigenvalue weighted by atomic mass is 16.6. The Morgan fingerprint density at radius 3 is 2.53 bits per heavy atom. The van der Waals surface area contributed by atoms with Gasteiger partial charge < -0.3 is 39.4 Å². The molecule has 0 fully saturated rings. The summed E-state index contributed by atoms with van der Waals surface area (Å²) in [6.45, 7) is 2.55. The number of aromatic amines is 1. The molecule has 3 rings (SSSR count). The highest BCUT2D eigenvalue weighted by Gasteiger charge is 2.22. The minimum absolute atomic E-state index is 0.00631. The third-order valence-corrected chi connectivity index (χ3v) is 5.93. The number of carbonyl (C=O) groups is 3. The summed E-state index contributed by atoms with van der Waals surface area (Å²) in [5.74, 6) is -1.14. The van der Waals surface area contributed by atoms with Crippen molar-refractivity contribution in [1.82, 2.24) is 29.7 Å². The number of carboxylic acids is 1. The SMILES string of the molecule is COc1cc(COC(=O)NCCN(CC(=O)O)C(=O)Cn2cnc3c(=O)[nH]c(NCC(C)C)nc32)c([N+](=O)[O-])cc1OC. The molecule has 0 aliphatic heterocycles. The second kappa shape index (κ2) is 14.5. The maximum absolute atomic E-state index is 13.0. The van der Waals surface area contributed by atoms with E-state index in [9.17, 15) is 34.4 Å². The van der Waals surface area contributed by atoms with Gasteiger partial charge in [0.1, 0.15) is 19.7 Å². The first-order valence-corrected chi connectivity index (χ1v) is 12.9. The number of ether oxygens (including phenoxy) is 3. The summed E-state index contributed by atoms with van der Waals surface area (Å²) in [6, 6.07) is 2.45. The number of hydrogen-bond acceptors (Lipinski definition) is 12. The monoisotopic (exact) mass is 604 g/mol. The molecule has 0 saturated carbocycles. The number of nitro groups is 1. The van der Waals surface area contributed by atoms with E-state index in [1.165, 1.54) is 31.2 Å². The molecule has 0 atom stereocenters. The van der Waals surface area contributed by atoms with Crippen LogP contribution in [0.4, 0.5) is 16.4 Å². The lowest BCUT2D eigenvalue weighted by atomic mass is 10.1. The zero-order valence-electron chi connectivity index (χ0n) is 23.9. The standard InChI is InChI=1S/C25H32N8O10/c1-14(2)9-27-24-29-22-21(23(37)30-24)28-13-32(22)10-19(34)31(11-20(35)36)6-5-26-25(38)43-12-15-7-17(41-3)18(42-4)8-16(15)33(39)40/h7-8,13-14H,5-6,9-12H2,1-4H3,(H,26,38)(H,35,36)(H2,27,29,30,37). The lowest BCUT2D eigenvalue weighted by Crippen LogP contribution is -2.42. The van der Waals surface area contributed by atoms with E-state index >= 15 is 0 Å². The van der Waals surface area contributed by atoms with Gasteiger partial charge in [-0.15, -0.1) is 0 Å². The van der Waals surface area contributed by atoms with Crippen LogP contribution < -0.4 is 25.7 Å². The summed E-state index contributed by atoms with van der Waals surface area (Å²) in [7, 11) is 2.67. The number of amides is 2. The van der Waals surface area contributed by atoms with E-state index in [0.29, 0.717) is 6.54 Å². The average Bonchev–Trinajstić information content (AvgIpc) is 3.36. The Bertz CT molecular complexity index is 1550. The molecule has 43 heavy (non-hydrogen) atoms. The summed E-state index contributed by atoms with van der Waals surface area (Å²) >= 11 is 0. The van der Waals surface area contributed by atoms with Crippen molar-refractivity contribution in [2.75, 3.05) is 45.7 Å². The van der Waals surface area contributed by atoms with Crippen LogP contribution >= 0.6 is 0 Å². The summed E-state index contributed by atoms with van der Waals surface area (Å²) in [4.78, 5) is 71.8. The van der Waals surface area contributed by atoms with Crippen molar-refractivity contribution >= 4 is 40.8 Å². The zero-order chi connectivity index (χ0) is 31.7. The number of rotatable bonds is 15. The topological polar surface area (TPSA) is 233 Å². The number of anilines is 1. The van der Waals surface area contributed by atoms with E-state index in [4.69, 9.17) is 14.2 Å². The molecule has 2 aromatic heterocycles. The Morgan fingerprint density at radius 2 is 1.91 bits per heavy atom. The number of nitrogens with one attached hydrogen (secondary N) is 3. The molecule has 0 saturated heterocycles. The number of methoxy groups -OCH3 is 2. The van der Waals surface area contributed by atoms with Crippen LogP contribution in [0, 0.1) is 16.0 Å². The van der Waals surface area contributed by atoms with Gasteiger partial charge in [-0.2, -0.15) is 4.98 Å². The van der Waals surface area contributed by atoms with E-state index in [2.05, 4.69) is 25.6 Å². The van der Waals surface area contributed by atoms with Crippen LogP contribution in [0.3, 0.4) is 0 Å². The van der Waals surface area contributed by atoms with Gasteiger partial charge in [0.15, 0.2) is 22.7 Å². The number of carboxylic acid groups (broad SMARTS) is 1. The van der Waals surface area contributed by atoms with E-state index in [1.54, 1.807) is 0 Å². The molecule has 0 unspecified atom stereocenters. The van der Waals surface area contributed by atoms with E-state index in [-0.39, 0.29) is 65.4 Å². The van der Waals surface area contributed by atoms with Crippen LogP contribution in [0.2, 0.25) is 0 Å². The molecule has 1 aromatic carbocycles. The first-order chi connectivity index (χ1) is 20.4. The van der Waals surface area contributed by atoms with Crippen LogP contribution in [0.1, 0.15) is 19.4 Å². The van der Waals surface area contributed by atoms with Gasteiger partial charge in [-0.05, 0) is 12.0 Å². The third-order valence-electron chi connectivity index (χ3n) is 5.93. The number of benzene rings is 1. The number of imidazole rings is 1. The molecule has 0 spiro atoms. The molecule has 3 aromatic rings. The molecular weight excluding hydrogens is 572 g/mol. The van der Waals surface area contributed by atoms with Crippen molar-refractivity contribution in [1.29, 1.82) is 0 Å². The van der Waals surface area contributed by atoms with Crippen LogP contribution in [0.5, 0.6) is 11.5 Å². The maximum Gasteiger partial charge on any atom is 0.407 e. The van der Waals surface area contributed by atoms with E-state index < -0.39 is 41.6 Å². The molecule has 0 radical (unpaired) electrons. The Morgan fingerprint density at radius 1 is 1.21 bits per heavy atom. The van der Waals surface area contributed by atoms with Crippen molar-refractivity contribution in [3.05, 3.63) is 44.5 Å². The Hall–Kier alpha value is -5.42. The van der Waals surface area contributed by atoms with Crippen LogP contribution in [0.15, 0.2) is 23.3 Å². The molecule has 2 heterocycles. The maximum atomic E-state index is 13.0. The number of hydrogen-bond donors (Lipinski definition) is 4. The van der Waals surface area contributed by atoms with Gasteiger partial charge in [-0.1, -0.05) is 13.8 Å². The van der Waals surface area contributed by atoms with Gasteiger partial charge in [0, 0.05) is 19.6 Å². The van der Waals surface area contributed by atoms with Crippen molar-refractivity contribution in [3.8, 4) is 11.5 Å². The largest absolute Gasteiger partial charge is 0.493 e. The normalized spacial score (nSPS) is 10.8. The fourth-order valence-corrected chi connectivity index (χ4v) is 3.84. The smallest absolute Gasteiger partial charge is 0.407 e. The molecule has 0 bridgehead atoms. The highest BCUT2D eigenvalue weighted by Crippen LogP contribution is 2.34. The number of alkyl carbamates (subject to hydrolysis) is 1. The van der Waals surface area contributed by atoms with Crippen molar-refractivity contribution in [2.24, 2.45) is 5.92 Å².